The quantitative estimate of drug-likeness (QED) is 0.794. The van der Waals surface area contributed by atoms with E-state index in [1.807, 2.05) is 6.07 Å². The Morgan fingerprint density at radius 1 is 1.21 bits per heavy atom. The Morgan fingerprint density at radius 2 is 2.00 bits per heavy atom. The van der Waals surface area contributed by atoms with Crippen molar-refractivity contribution in [2.45, 2.75) is 38.1 Å². The van der Waals surface area contributed by atoms with E-state index in [2.05, 4.69) is 24.3 Å². The molecule has 2 nitrogen and oxygen atoms in total. The second kappa shape index (κ2) is 4.58. The van der Waals surface area contributed by atoms with Gasteiger partial charge in [-0.25, -0.2) is 0 Å². The molecule has 1 aliphatic rings. The molecule has 1 aromatic carbocycles. The van der Waals surface area contributed by atoms with Gasteiger partial charge < -0.3 is 9.84 Å². The Bertz CT molecular complexity index is 271. The van der Waals surface area contributed by atoms with Gasteiger partial charge in [-0.2, -0.15) is 0 Å². The molecule has 0 saturated carbocycles. The lowest BCUT2D eigenvalue weighted by atomic mass is 10.1. The average molecular weight is 192 g/mol. The van der Waals surface area contributed by atoms with Gasteiger partial charge in [-0.15, -0.1) is 0 Å². The second-order valence-corrected chi connectivity index (χ2v) is 3.81. The predicted octanol–water partition coefficient (Wildman–Crippen LogP) is 2.12. The summed E-state index contributed by atoms with van der Waals surface area (Å²) < 4.78 is 5.34. The number of aryl methyl sites for hydroxylation is 1. The van der Waals surface area contributed by atoms with Crippen LogP contribution >= 0.6 is 0 Å². The summed E-state index contributed by atoms with van der Waals surface area (Å²) in [6.07, 6.45) is 3.58. The zero-order chi connectivity index (χ0) is 9.80. The van der Waals surface area contributed by atoms with Crippen LogP contribution in [0.3, 0.4) is 0 Å². The number of rotatable bonds is 3. The highest BCUT2D eigenvalue weighted by atomic mass is 16.6. The number of hydrogen-bond acceptors (Lipinski definition) is 2. The first-order valence-electron chi connectivity index (χ1n) is 5.22. The number of aliphatic hydroxyl groups excluding tert-OH is 1. The molecule has 1 fully saturated rings. The highest BCUT2D eigenvalue weighted by Gasteiger charge is 2.22. The van der Waals surface area contributed by atoms with Crippen molar-refractivity contribution in [1.82, 2.24) is 0 Å². The molecule has 1 saturated heterocycles. The summed E-state index contributed by atoms with van der Waals surface area (Å²) in [7, 11) is 0. The van der Waals surface area contributed by atoms with Crippen molar-refractivity contribution < 1.29 is 9.84 Å². The van der Waals surface area contributed by atoms with Crippen molar-refractivity contribution in [2.24, 2.45) is 0 Å². The van der Waals surface area contributed by atoms with Crippen LogP contribution in [0.1, 0.15) is 24.8 Å². The fourth-order valence-corrected chi connectivity index (χ4v) is 1.87. The van der Waals surface area contributed by atoms with Crippen LogP contribution in [0, 0.1) is 0 Å². The lowest BCUT2D eigenvalue weighted by molar-refractivity contribution is -0.0914. The topological polar surface area (TPSA) is 29.5 Å². The second-order valence-electron chi connectivity index (χ2n) is 3.81. The van der Waals surface area contributed by atoms with Crippen molar-refractivity contribution in [3.63, 3.8) is 0 Å². The lowest BCUT2D eigenvalue weighted by Gasteiger charge is -2.09. The minimum Gasteiger partial charge on any atom is -0.368 e. The average Bonchev–Trinajstić information content (AvgIpc) is 2.63. The van der Waals surface area contributed by atoms with E-state index in [4.69, 9.17) is 4.74 Å². The molecule has 0 aliphatic carbocycles. The summed E-state index contributed by atoms with van der Waals surface area (Å²) >= 11 is 0. The van der Waals surface area contributed by atoms with E-state index < -0.39 is 6.29 Å². The third-order valence-electron chi connectivity index (χ3n) is 2.68. The van der Waals surface area contributed by atoms with Gasteiger partial charge in [0.1, 0.15) is 0 Å². The van der Waals surface area contributed by atoms with Gasteiger partial charge >= 0.3 is 0 Å². The zero-order valence-electron chi connectivity index (χ0n) is 8.23. The number of ether oxygens (including phenoxy) is 1. The highest BCUT2D eigenvalue weighted by molar-refractivity contribution is 5.14. The van der Waals surface area contributed by atoms with Crippen LogP contribution in [0.5, 0.6) is 0 Å². The van der Waals surface area contributed by atoms with Crippen molar-refractivity contribution in [1.29, 1.82) is 0 Å². The van der Waals surface area contributed by atoms with Gasteiger partial charge in [0.2, 0.25) is 0 Å². The SMILES string of the molecule is O[C@H]1CC[C@@H](CCc2ccccc2)O1. The van der Waals surface area contributed by atoms with Crippen molar-refractivity contribution >= 4 is 0 Å². The van der Waals surface area contributed by atoms with Gasteiger partial charge in [0.05, 0.1) is 6.10 Å². The molecule has 0 bridgehead atoms. The van der Waals surface area contributed by atoms with Crippen molar-refractivity contribution in [3.8, 4) is 0 Å². The Hall–Kier alpha value is -0.860. The van der Waals surface area contributed by atoms with E-state index in [0.717, 1.165) is 25.7 Å². The van der Waals surface area contributed by atoms with Gasteiger partial charge in [-0.05, 0) is 24.8 Å². The molecule has 0 spiro atoms. The Labute approximate surface area is 84.5 Å². The van der Waals surface area contributed by atoms with Crippen LogP contribution in [0.15, 0.2) is 30.3 Å². The molecule has 1 heterocycles. The van der Waals surface area contributed by atoms with Crippen LogP contribution in [0.4, 0.5) is 0 Å². The largest absolute Gasteiger partial charge is 0.368 e. The molecule has 2 rings (SSSR count). The summed E-state index contributed by atoms with van der Waals surface area (Å²) in [5, 5.41) is 9.17. The Balaban J connectivity index is 1.78. The summed E-state index contributed by atoms with van der Waals surface area (Å²) in [5.41, 5.74) is 1.34. The highest BCUT2D eigenvalue weighted by Crippen LogP contribution is 2.21. The van der Waals surface area contributed by atoms with Crippen LogP contribution in [-0.4, -0.2) is 17.5 Å². The van der Waals surface area contributed by atoms with Gasteiger partial charge in [0, 0.05) is 6.42 Å². The van der Waals surface area contributed by atoms with Crippen LogP contribution in [0.25, 0.3) is 0 Å². The van der Waals surface area contributed by atoms with E-state index in [1.165, 1.54) is 5.56 Å². The fourth-order valence-electron chi connectivity index (χ4n) is 1.87. The zero-order valence-corrected chi connectivity index (χ0v) is 8.23. The molecular weight excluding hydrogens is 176 g/mol. The molecule has 1 N–H and O–H groups in total. The fraction of sp³-hybridized carbons (Fsp3) is 0.500. The van der Waals surface area contributed by atoms with E-state index >= 15 is 0 Å². The van der Waals surface area contributed by atoms with E-state index in [9.17, 15) is 5.11 Å². The summed E-state index contributed by atoms with van der Waals surface area (Å²) in [6.45, 7) is 0. The summed E-state index contributed by atoms with van der Waals surface area (Å²) in [4.78, 5) is 0. The maximum atomic E-state index is 9.17. The van der Waals surface area contributed by atoms with Crippen molar-refractivity contribution in [2.75, 3.05) is 0 Å². The van der Waals surface area contributed by atoms with E-state index in [-0.39, 0.29) is 6.10 Å². The van der Waals surface area contributed by atoms with Gasteiger partial charge in [0.25, 0.3) is 0 Å². The molecule has 1 aromatic rings. The van der Waals surface area contributed by atoms with Crippen LogP contribution < -0.4 is 0 Å². The molecular formula is C12H16O2. The molecule has 0 aromatic heterocycles. The third kappa shape index (κ3) is 2.56. The maximum Gasteiger partial charge on any atom is 0.154 e. The molecule has 0 unspecified atom stereocenters. The molecule has 2 atom stereocenters. The molecule has 0 amide bonds. The van der Waals surface area contributed by atoms with Gasteiger partial charge in [-0.1, -0.05) is 30.3 Å². The Kier molecular flexibility index (Phi) is 3.17. The molecule has 1 aliphatic heterocycles. The normalized spacial score (nSPS) is 26.6. The molecule has 0 radical (unpaired) electrons. The minimum absolute atomic E-state index is 0.255. The van der Waals surface area contributed by atoms with E-state index in [0.29, 0.717) is 0 Å². The first-order chi connectivity index (χ1) is 6.84. The predicted molar refractivity (Wildman–Crippen MR) is 54.9 cm³/mol. The third-order valence-corrected chi connectivity index (χ3v) is 2.68. The minimum atomic E-state index is -0.518. The van der Waals surface area contributed by atoms with Gasteiger partial charge in [0.15, 0.2) is 6.29 Å². The monoisotopic (exact) mass is 192 g/mol. The smallest absolute Gasteiger partial charge is 0.154 e. The standard InChI is InChI=1S/C12H16O2/c13-12-9-8-11(14-12)7-6-10-4-2-1-3-5-10/h1-5,11-13H,6-9H2/t11-,12-/m1/s1. The van der Waals surface area contributed by atoms with Crippen LogP contribution in [-0.2, 0) is 11.2 Å². The molecule has 14 heavy (non-hydrogen) atoms. The maximum absolute atomic E-state index is 9.17. The van der Waals surface area contributed by atoms with E-state index in [1.54, 1.807) is 0 Å². The van der Waals surface area contributed by atoms with Gasteiger partial charge in [-0.3, -0.25) is 0 Å². The number of aliphatic hydroxyl groups is 1. The van der Waals surface area contributed by atoms with Crippen molar-refractivity contribution in [3.05, 3.63) is 35.9 Å². The lowest BCUT2D eigenvalue weighted by Crippen LogP contribution is -2.10. The molecule has 2 heteroatoms. The molecule has 76 valence electrons. The van der Waals surface area contributed by atoms with Crippen LogP contribution in [0.2, 0.25) is 0 Å². The summed E-state index contributed by atoms with van der Waals surface area (Å²) in [5.74, 6) is 0. The number of hydrogen-bond donors (Lipinski definition) is 1. The number of benzene rings is 1. The first-order valence-corrected chi connectivity index (χ1v) is 5.22. The summed E-state index contributed by atoms with van der Waals surface area (Å²) in [6, 6.07) is 10.4. The first kappa shape index (κ1) is 9.69. The Morgan fingerprint density at radius 3 is 2.64 bits per heavy atom.